The molecule has 26 heavy (non-hydrogen) atoms. The lowest BCUT2D eigenvalue weighted by Gasteiger charge is -2.40. The number of hydrogen-bond acceptors (Lipinski definition) is 2. The third kappa shape index (κ3) is 2.49. The van der Waals surface area contributed by atoms with Crippen molar-refractivity contribution in [3.8, 4) is 5.75 Å². The molecule has 2 aliphatic rings. The van der Waals surface area contributed by atoms with Gasteiger partial charge in [-0.2, -0.15) is 0 Å². The first-order valence-corrected chi connectivity index (χ1v) is 9.09. The molecule has 0 saturated heterocycles. The van der Waals surface area contributed by atoms with Crippen LogP contribution in [0.5, 0.6) is 5.75 Å². The molecule has 0 N–H and O–H groups in total. The summed E-state index contributed by atoms with van der Waals surface area (Å²) in [4.78, 5) is 14.8. The molecule has 136 valence electrons. The van der Waals surface area contributed by atoms with Crippen LogP contribution in [0.4, 0.5) is 14.5 Å². The Labute approximate surface area is 151 Å². The van der Waals surface area contributed by atoms with Gasteiger partial charge in [-0.3, -0.25) is 4.79 Å². The smallest absolute Gasteiger partial charge is 0.228 e. The highest BCUT2D eigenvalue weighted by Gasteiger charge is 2.50. The highest BCUT2D eigenvalue weighted by Crippen LogP contribution is 2.51. The maximum Gasteiger partial charge on any atom is 0.228 e. The summed E-state index contributed by atoms with van der Waals surface area (Å²) in [6.07, 6.45) is 3.29. The predicted molar refractivity (Wildman–Crippen MR) is 95.6 cm³/mol. The molecule has 4 rings (SSSR count). The zero-order valence-corrected chi connectivity index (χ0v) is 14.7. The first-order valence-electron chi connectivity index (χ1n) is 9.09. The van der Waals surface area contributed by atoms with E-state index in [1.807, 2.05) is 29.2 Å². The van der Waals surface area contributed by atoms with E-state index in [9.17, 15) is 13.6 Å². The average Bonchev–Trinajstić information content (AvgIpc) is 2.97. The lowest BCUT2D eigenvalue weighted by Crippen LogP contribution is -2.46. The Hall–Kier alpha value is -2.43. The molecule has 2 heterocycles. The molecule has 2 aliphatic heterocycles. The number of unbranched alkanes of at least 4 members (excludes halogenated alkanes) is 2. The van der Waals surface area contributed by atoms with Gasteiger partial charge in [0.15, 0.2) is 11.6 Å². The number of halogens is 2. The lowest BCUT2D eigenvalue weighted by molar-refractivity contribution is -0.120. The summed E-state index contributed by atoms with van der Waals surface area (Å²) >= 11 is 0. The van der Waals surface area contributed by atoms with Crippen LogP contribution < -0.4 is 9.64 Å². The summed E-state index contributed by atoms with van der Waals surface area (Å²) in [7, 11) is 0. The second-order valence-electron chi connectivity index (χ2n) is 7.08. The van der Waals surface area contributed by atoms with Gasteiger partial charge in [-0.25, -0.2) is 8.78 Å². The minimum absolute atomic E-state index is 0.000913. The molecule has 3 nitrogen and oxygen atoms in total. The second kappa shape index (κ2) is 6.38. The molecule has 0 bridgehead atoms. The Morgan fingerprint density at radius 3 is 2.69 bits per heavy atom. The zero-order chi connectivity index (χ0) is 18.3. The standard InChI is InChI=1S/C21H21F2NO2/c1-2-3-6-9-24-18-8-5-4-7-14(18)21(12-20(24)25)13-26-19-11-17(23)16(22)10-15(19)21/h4-5,7-8,10-11H,2-3,6,9,12-13H2,1H3. The van der Waals surface area contributed by atoms with Crippen LogP contribution in [0, 0.1) is 11.6 Å². The quantitative estimate of drug-likeness (QED) is 0.750. The van der Waals surface area contributed by atoms with Crippen LogP contribution in [0.2, 0.25) is 0 Å². The fraction of sp³-hybridized carbons (Fsp3) is 0.381. The SMILES string of the molecule is CCCCCN1C(=O)CC2(COc3cc(F)c(F)cc32)c2ccccc21. The largest absolute Gasteiger partial charge is 0.492 e. The molecule has 5 heteroatoms. The van der Waals surface area contributed by atoms with Crippen LogP contribution >= 0.6 is 0 Å². The minimum atomic E-state index is -0.933. The maximum absolute atomic E-state index is 13.9. The van der Waals surface area contributed by atoms with Crippen LogP contribution in [0.25, 0.3) is 0 Å². The van der Waals surface area contributed by atoms with Gasteiger partial charge in [0.05, 0.1) is 5.41 Å². The lowest BCUT2D eigenvalue weighted by atomic mass is 9.70. The van der Waals surface area contributed by atoms with Gasteiger partial charge in [0.2, 0.25) is 5.91 Å². The van der Waals surface area contributed by atoms with Crippen molar-refractivity contribution in [2.45, 2.75) is 38.0 Å². The highest BCUT2D eigenvalue weighted by atomic mass is 19.2. The van der Waals surface area contributed by atoms with Gasteiger partial charge in [0.25, 0.3) is 0 Å². The fourth-order valence-corrected chi connectivity index (χ4v) is 4.13. The van der Waals surface area contributed by atoms with Crippen molar-refractivity contribution in [3.05, 3.63) is 59.2 Å². The molecule has 0 radical (unpaired) electrons. The van der Waals surface area contributed by atoms with Gasteiger partial charge < -0.3 is 9.64 Å². The fourth-order valence-electron chi connectivity index (χ4n) is 4.13. The van der Waals surface area contributed by atoms with Crippen molar-refractivity contribution in [3.63, 3.8) is 0 Å². The van der Waals surface area contributed by atoms with Crippen molar-refractivity contribution in [1.29, 1.82) is 0 Å². The van der Waals surface area contributed by atoms with E-state index in [0.29, 0.717) is 17.9 Å². The molecule has 1 unspecified atom stereocenters. The number of benzene rings is 2. The average molecular weight is 357 g/mol. The van der Waals surface area contributed by atoms with Crippen molar-refractivity contribution >= 4 is 11.6 Å². The molecule has 0 aromatic heterocycles. The Bertz CT molecular complexity index is 867. The number of para-hydroxylation sites is 1. The van der Waals surface area contributed by atoms with Gasteiger partial charge >= 0.3 is 0 Å². The minimum Gasteiger partial charge on any atom is -0.492 e. The van der Waals surface area contributed by atoms with Gasteiger partial charge in [-0.1, -0.05) is 38.0 Å². The highest BCUT2D eigenvalue weighted by molar-refractivity contribution is 5.99. The van der Waals surface area contributed by atoms with E-state index in [0.717, 1.165) is 36.6 Å². The normalized spacial score (nSPS) is 20.9. The maximum atomic E-state index is 13.9. The monoisotopic (exact) mass is 357 g/mol. The molecule has 1 atom stereocenters. The van der Waals surface area contributed by atoms with E-state index < -0.39 is 17.0 Å². The molecule has 2 aromatic rings. The third-order valence-corrected chi connectivity index (χ3v) is 5.46. The number of anilines is 1. The zero-order valence-electron chi connectivity index (χ0n) is 14.7. The van der Waals surface area contributed by atoms with E-state index in [1.54, 1.807) is 0 Å². The third-order valence-electron chi connectivity index (χ3n) is 5.46. The van der Waals surface area contributed by atoms with Crippen LogP contribution in [0.3, 0.4) is 0 Å². The first-order chi connectivity index (χ1) is 12.6. The number of rotatable bonds is 4. The first kappa shape index (κ1) is 17.0. The second-order valence-corrected chi connectivity index (χ2v) is 7.08. The summed E-state index contributed by atoms with van der Waals surface area (Å²) in [6.45, 7) is 3.02. The number of fused-ring (bicyclic) bond motifs is 4. The molecule has 0 aliphatic carbocycles. The molecular formula is C21H21F2NO2. The van der Waals surface area contributed by atoms with E-state index in [-0.39, 0.29) is 18.9 Å². The summed E-state index contributed by atoms with van der Waals surface area (Å²) in [5.74, 6) is -1.52. The number of carbonyl (C=O) groups is 1. The molecule has 0 fully saturated rings. The molecule has 1 amide bonds. The van der Waals surface area contributed by atoms with Crippen molar-refractivity contribution in [2.75, 3.05) is 18.1 Å². The summed E-state index contributed by atoms with van der Waals surface area (Å²) in [6, 6.07) is 9.99. The Balaban J connectivity index is 1.82. The number of hydrogen-bond donors (Lipinski definition) is 0. The van der Waals surface area contributed by atoms with Crippen molar-refractivity contribution in [1.82, 2.24) is 0 Å². The van der Waals surface area contributed by atoms with Crippen molar-refractivity contribution in [2.24, 2.45) is 0 Å². The summed E-state index contributed by atoms with van der Waals surface area (Å²) in [5.41, 5.74) is 1.60. The van der Waals surface area contributed by atoms with E-state index in [2.05, 4.69) is 6.92 Å². The van der Waals surface area contributed by atoms with E-state index in [1.165, 1.54) is 6.07 Å². The van der Waals surface area contributed by atoms with Crippen LogP contribution in [-0.2, 0) is 10.2 Å². The van der Waals surface area contributed by atoms with Gasteiger partial charge in [-0.15, -0.1) is 0 Å². The predicted octanol–water partition coefficient (Wildman–Crippen LogP) is 4.57. The summed E-state index contributed by atoms with van der Waals surface area (Å²) in [5, 5.41) is 0. The van der Waals surface area contributed by atoms with Crippen LogP contribution in [0.1, 0.15) is 43.7 Å². The Morgan fingerprint density at radius 1 is 1.12 bits per heavy atom. The van der Waals surface area contributed by atoms with Gasteiger partial charge in [-0.05, 0) is 24.1 Å². The van der Waals surface area contributed by atoms with E-state index in [4.69, 9.17) is 4.74 Å². The van der Waals surface area contributed by atoms with Gasteiger partial charge in [0, 0.05) is 30.3 Å². The topological polar surface area (TPSA) is 29.5 Å². The number of carbonyl (C=O) groups excluding carboxylic acids is 1. The van der Waals surface area contributed by atoms with Crippen molar-refractivity contribution < 1.29 is 18.3 Å². The summed E-state index contributed by atoms with van der Waals surface area (Å²) < 4.78 is 33.2. The van der Waals surface area contributed by atoms with Crippen LogP contribution in [0.15, 0.2) is 36.4 Å². The van der Waals surface area contributed by atoms with E-state index >= 15 is 0 Å². The van der Waals surface area contributed by atoms with Gasteiger partial charge in [0.1, 0.15) is 12.4 Å². The molecule has 2 aromatic carbocycles. The number of amides is 1. The molecular weight excluding hydrogens is 336 g/mol. The molecule has 0 saturated carbocycles. The molecule has 1 spiro atoms. The van der Waals surface area contributed by atoms with Crippen LogP contribution in [-0.4, -0.2) is 19.1 Å². The number of ether oxygens (including phenoxy) is 1. The number of nitrogens with zero attached hydrogens (tertiary/aromatic N) is 1. The Morgan fingerprint density at radius 2 is 1.88 bits per heavy atom. The Kier molecular flexibility index (Phi) is 4.17.